The molecule has 1 aliphatic rings. The Morgan fingerprint density at radius 2 is 2.21 bits per heavy atom. The van der Waals surface area contributed by atoms with Crippen LogP contribution in [-0.2, 0) is 11.8 Å². The summed E-state index contributed by atoms with van der Waals surface area (Å²) in [6.45, 7) is 3.29. The summed E-state index contributed by atoms with van der Waals surface area (Å²) in [5.74, 6) is 3.53. The smallest absolute Gasteiger partial charge is 0.206 e. The number of anilines is 1. The topological polar surface area (TPSA) is 30.3 Å². The average Bonchev–Trinajstić information content (AvgIpc) is 2.61. The first-order valence-corrected chi connectivity index (χ1v) is 4.64. The van der Waals surface area contributed by atoms with E-state index in [4.69, 9.17) is 11.2 Å². The predicted molar refractivity (Wildman–Crippen MR) is 54.2 cm³/mol. The number of imidazole rings is 1. The van der Waals surface area contributed by atoms with E-state index < -0.39 is 0 Å². The molecule has 0 N–H and O–H groups in total. The second kappa shape index (κ2) is 3.72. The molecule has 0 saturated carbocycles. The van der Waals surface area contributed by atoms with E-state index in [-0.39, 0.29) is 0 Å². The van der Waals surface area contributed by atoms with Crippen LogP contribution in [0.15, 0.2) is 6.20 Å². The first-order chi connectivity index (χ1) is 6.83. The maximum absolute atomic E-state index is 5.34. The van der Waals surface area contributed by atoms with Crippen molar-refractivity contribution in [3.05, 3.63) is 11.9 Å². The van der Waals surface area contributed by atoms with Gasteiger partial charge < -0.3 is 14.2 Å². The minimum atomic E-state index is 0.762. The number of hydrogen-bond acceptors (Lipinski definition) is 3. The molecule has 0 aliphatic carbocycles. The molecule has 1 aliphatic heterocycles. The van der Waals surface area contributed by atoms with Crippen molar-refractivity contribution in [2.24, 2.45) is 7.05 Å². The predicted octanol–water partition coefficient (Wildman–Crippen LogP) is 0.238. The SMILES string of the molecule is C#Cc1cnc(N2CCOCC2)n1C. The Hall–Kier alpha value is -1.47. The van der Waals surface area contributed by atoms with Crippen LogP contribution in [0, 0.1) is 12.3 Å². The normalized spacial score (nSPS) is 16.7. The van der Waals surface area contributed by atoms with Crippen LogP contribution in [0.3, 0.4) is 0 Å². The number of terminal acetylenes is 1. The van der Waals surface area contributed by atoms with E-state index >= 15 is 0 Å². The van der Waals surface area contributed by atoms with Gasteiger partial charge in [0, 0.05) is 20.1 Å². The van der Waals surface area contributed by atoms with Crippen molar-refractivity contribution in [3.63, 3.8) is 0 Å². The molecule has 1 aromatic rings. The van der Waals surface area contributed by atoms with Crippen molar-refractivity contribution in [3.8, 4) is 12.3 Å². The molecule has 4 nitrogen and oxygen atoms in total. The van der Waals surface area contributed by atoms with E-state index in [1.807, 2.05) is 11.6 Å². The van der Waals surface area contributed by atoms with Gasteiger partial charge in [0.2, 0.25) is 5.95 Å². The molecule has 1 saturated heterocycles. The zero-order chi connectivity index (χ0) is 9.97. The summed E-state index contributed by atoms with van der Waals surface area (Å²) in [4.78, 5) is 6.49. The maximum Gasteiger partial charge on any atom is 0.206 e. The minimum absolute atomic E-state index is 0.762. The molecule has 0 amide bonds. The van der Waals surface area contributed by atoms with Crippen molar-refractivity contribution >= 4 is 5.95 Å². The highest BCUT2D eigenvalue weighted by Crippen LogP contribution is 2.14. The molecule has 1 aromatic heterocycles. The number of morpholine rings is 1. The average molecular weight is 191 g/mol. The fraction of sp³-hybridized carbons (Fsp3) is 0.500. The van der Waals surface area contributed by atoms with Crippen LogP contribution in [0.4, 0.5) is 5.95 Å². The van der Waals surface area contributed by atoms with Gasteiger partial charge in [-0.3, -0.25) is 0 Å². The summed E-state index contributed by atoms with van der Waals surface area (Å²) in [6.07, 6.45) is 7.07. The molecule has 14 heavy (non-hydrogen) atoms. The number of aromatic nitrogens is 2. The Labute approximate surface area is 83.5 Å². The molecule has 4 heteroatoms. The molecule has 1 fully saturated rings. The van der Waals surface area contributed by atoms with Gasteiger partial charge in [0.05, 0.1) is 19.4 Å². The fourth-order valence-electron chi connectivity index (χ4n) is 1.59. The van der Waals surface area contributed by atoms with Gasteiger partial charge in [0.15, 0.2) is 0 Å². The second-order valence-electron chi connectivity index (χ2n) is 3.25. The van der Waals surface area contributed by atoms with E-state index in [0.29, 0.717) is 0 Å². The highest BCUT2D eigenvalue weighted by molar-refractivity contribution is 5.38. The molecule has 0 spiro atoms. The van der Waals surface area contributed by atoms with Crippen LogP contribution < -0.4 is 4.90 Å². The summed E-state index contributed by atoms with van der Waals surface area (Å²) < 4.78 is 7.21. The Kier molecular flexibility index (Phi) is 2.42. The van der Waals surface area contributed by atoms with E-state index in [2.05, 4.69) is 15.8 Å². The van der Waals surface area contributed by atoms with Crippen molar-refractivity contribution in [1.82, 2.24) is 9.55 Å². The summed E-state index contributed by atoms with van der Waals surface area (Å²) in [5, 5.41) is 0. The number of rotatable bonds is 1. The molecule has 2 heterocycles. The quantitative estimate of drug-likeness (QED) is 0.596. The number of hydrogen-bond donors (Lipinski definition) is 0. The zero-order valence-electron chi connectivity index (χ0n) is 8.23. The Balaban J connectivity index is 2.23. The third kappa shape index (κ3) is 1.47. The van der Waals surface area contributed by atoms with E-state index in [0.717, 1.165) is 37.9 Å². The Bertz CT molecular complexity index is 358. The first-order valence-electron chi connectivity index (χ1n) is 4.64. The first kappa shape index (κ1) is 9.10. The minimum Gasteiger partial charge on any atom is -0.378 e. The Morgan fingerprint density at radius 3 is 2.79 bits per heavy atom. The van der Waals surface area contributed by atoms with Gasteiger partial charge in [-0.2, -0.15) is 0 Å². The molecule has 0 unspecified atom stereocenters. The monoisotopic (exact) mass is 191 g/mol. The lowest BCUT2D eigenvalue weighted by Crippen LogP contribution is -2.37. The summed E-state index contributed by atoms with van der Waals surface area (Å²) in [7, 11) is 1.94. The van der Waals surface area contributed by atoms with Gasteiger partial charge in [0.25, 0.3) is 0 Å². The van der Waals surface area contributed by atoms with Crippen LogP contribution >= 0.6 is 0 Å². The van der Waals surface area contributed by atoms with E-state index in [1.165, 1.54) is 0 Å². The highest BCUT2D eigenvalue weighted by atomic mass is 16.5. The summed E-state index contributed by atoms with van der Waals surface area (Å²) in [6, 6.07) is 0. The van der Waals surface area contributed by atoms with Gasteiger partial charge in [-0.1, -0.05) is 5.92 Å². The summed E-state index contributed by atoms with van der Waals surface area (Å²) in [5.41, 5.74) is 0.812. The number of ether oxygens (including phenoxy) is 1. The largest absolute Gasteiger partial charge is 0.378 e. The van der Waals surface area contributed by atoms with Crippen molar-refractivity contribution < 1.29 is 4.74 Å². The summed E-state index contributed by atoms with van der Waals surface area (Å²) >= 11 is 0. The molecule has 2 rings (SSSR count). The van der Waals surface area contributed by atoms with Crippen LogP contribution in [0.5, 0.6) is 0 Å². The molecule has 0 atom stereocenters. The van der Waals surface area contributed by atoms with Gasteiger partial charge in [-0.15, -0.1) is 6.42 Å². The standard InChI is InChI=1S/C10H13N3O/c1-3-9-8-11-10(12(9)2)13-4-6-14-7-5-13/h1,8H,4-7H2,2H3. The molecule has 0 aromatic carbocycles. The lowest BCUT2D eigenvalue weighted by Gasteiger charge is -2.27. The Morgan fingerprint density at radius 1 is 1.50 bits per heavy atom. The van der Waals surface area contributed by atoms with Crippen molar-refractivity contribution in [2.45, 2.75) is 0 Å². The molecular weight excluding hydrogens is 178 g/mol. The molecule has 0 bridgehead atoms. The molecular formula is C10H13N3O. The van der Waals surface area contributed by atoms with Gasteiger partial charge in [-0.05, 0) is 0 Å². The third-order valence-corrected chi connectivity index (χ3v) is 2.41. The van der Waals surface area contributed by atoms with Crippen molar-refractivity contribution in [1.29, 1.82) is 0 Å². The van der Waals surface area contributed by atoms with Gasteiger partial charge in [0.1, 0.15) is 5.69 Å². The van der Waals surface area contributed by atoms with Crippen LogP contribution in [-0.4, -0.2) is 35.9 Å². The lowest BCUT2D eigenvalue weighted by atomic mass is 10.4. The molecule has 0 radical (unpaired) electrons. The van der Waals surface area contributed by atoms with Crippen LogP contribution in [0.1, 0.15) is 5.69 Å². The van der Waals surface area contributed by atoms with Gasteiger partial charge in [-0.25, -0.2) is 4.98 Å². The zero-order valence-corrected chi connectivity index (χ0v) is 8.23. The molecule has 74 valence electrons. The van der Waals surface area contributed by atoms with E-state index in [9.17, 15) is 0 Å². The van der Waals surface area contributed by atoms with Crippen LogP contribution in [0.25, 0.3) is 0 Å². The van der Waals surface area contributed by atoms with E-state index in [1.54, 1.807) is 6.20 Å². The maximum atomic E-state index is 5.34. The second-order valence-corrected chi connectivity index (χ2v) is 3.25. The lowest BCUT2D eigenvalue weighted by molar-refractivity contribution is 0.121. The van der Waals surface area contributed by atoms with Crippen molar-refractivity contribution in [2.75, 3.05) is 31.2 Å². The third-order valence-electron chi connectivity index (χ3n) is 2.41. The fourth-order valence-corrected chi connectivity index (χ4v) is 1.59. The van der Waals surface area contributed by atoms with Gasteiger partial charge >= 0.3 is 0 Å². The number of nitrogens with zero attached hydrogens (tertiary/aromatic N) is 3. The van der Waals surface area contributed by atoms with Crippen LogP contribution in [0.2, 0.25) is 0 Å². The highest BCUT2D eigenvalue weighted by Gasteiger charge is 2.15.